The van der Waals surface area contributed by atoms with Gasteiger partial charge < -0.3 is 15.2 Å². The highest BCUT2D eigenvalue weighted by molar-refractivity contribution is 6.24. The summed E-state index contributed by atoms with van der Waals surface area (Å²) in [5.74, 6) is -5.61. The fraction of sp³-hybridized carbons (Fsp3) is 0.179. The Morgan fingerprint density at radius 1 is 0.973 bits per heavy atom. The number of aromatic hydroxyl groups is 1. The molecule has 0 spiro atoms. The first-order valence-corrected chi connectivity index (χ1v) is 11.8. The molecule has 2 amide bonds. The van der Waals surface area contributed by atoms with E-state index in [0.717, 1.165) is 27.9 Å². The molecule has 4 atom stereocenters. The molecule has 0 unspecified atom stereocenters. The number of halogens is 1. The molecule has 4 N–H and O–H groups in total. The van der Waals surface area contributed by atoms with Crippen LogP contribution in [0.15, 0.2) is 79.0 Å². The summed E-state index contributed by atoms with van der Waals surface area (Å²) in [4.78, 5) is 44.8. The predicted molar refractivity (Wildman–Crippen MR) is 132 cm³/mol. The Kier molecular flexibility index (Phi) is 5.13. The molecular formula is C28H22FN3O5. The molecule has 3 heterocycles. The fourth-order valence-electron chi connectivity index (χ4n) is 5.88. The van der Waals surface area contributed by atoms with Crippen LogP contribution in [0.4, 0.5) is 10.1 Å². The number of aromatic amines is 1. The highest BCUT2D eigenvalue weighted by Crippen LogP contribution is 2.52. The van der Waals surface area contributed by atoms with Gasteiger partial charge in [0.05, 0.1) is 17.5 Å². The summed E-state index contributed by atoms with van der Waals surface area (Å²) in [6.07, 6.45) is 1.62. The third kappa shape index (κ3) is 3.35. The number of hydrogen-bond acceptors (Lipinski definition) is 5. The molecule has 3 aromatic carbocycles. The minimum absolute atomic E-state index is 0.0894. The average Bonchev–Trinajstić information content (AvgIpc) is 3.53. The topological polar surface area (TPSA) is 123 Å². The monoisotopic (exact) mass is 499 g/mol. The van der Waals surface area contributed by atoms with E-state index in [4.69, 9.17) is 0 Å². The number of amides is 2. The molecule has 2 fully saturated rings. The van der Waals surface area contributed by atoms with E-state index in [-0.39, 0.29) is 17.9 Å². The summed E-state index contributed by atoms with van der Waals surface area (Å²) in [6, 6.07) is 17.7. The minimum Gasteiger partial charge on any atom is -0.508 e. The Morgan fingerprint density at radius 3 is 2.41 bits per heavy atom. The van der Waals surface area contributed by atoms with Gasteiger partial charge >= 0.3 is 5.97 Å². The van der Waals surface area contributed by atoms with Gasteiger partial charge in [-0.05, 0) is 42.0 Å². The molecule has 4 aromatic rings. The number of carboxylic acids is 1. The molecule has 6 rings (SSSR count). The Balaban J connectivity index is 1.52. The number of carbonyl (C=O) groups excluding carboxylic acids is 2. The summed E-state index contributed by atoms with van der Waals surface area (Å²) in [5, 5.41) is 25.2. The van der Waals surface area contributed by atoms with Gasteiger partial charge in [0.15, 0.2) is 0 Å². The summed E-state index contributed by atoms with van der Waals surface area (Å²) in [7, 11) is 0. The number of phenols is 1. The van der Waals surface area contributed by atoms with Gasteiger partial charge in [-0.25, -0.2) is 9.29 Å². The molecule has 8 nitrogen and oxygen atoms in total. The third-order valence-electron chi connectivity index (χ3n) is 7.54. The molecule has 1 aromatic heterocycles. The lowest BCUT2D eigenvalue weighted by Crippen LogP contribution is -2.57. The number of nitrogens with zero attached hydrogens (tertiary/aromatic N) is 1. The van der Waals surface area contributed by atoms with E-state index in [1.807, 2.05) is 24.3 Å². The van der Waals surface area contributed by atoms with Crippen LogP contribution in [0.1, 0.15) is 17.2 Å². The molecule has 2 aliphatic rings. The number of aromatic nitrogens is 1. The molecule has 2 saturated heterocycles. The Hall–Kier alpha value is -4.50. The van der Waals surface area contributed by atoms with Gasteiger partial charge in [0.1, 0.15) is 17.1 Å². The lowest BCUT2D eigenvalue weighted by atomic mass is 9.76. The molecule has 186 valence electrons. The number of anilines is 1. The van der Waals surface area contributed by atoms with E-state index >= 15 is 0 Å². The third-order valence-corrected chi connectivity index (χ3v) is 7.54. The first-order valence-electron chi connectivity index (χ1n) is 11.8. The molecule has 9 heteroatoms. The van der Waals surface area contributed by atoms with Crippen molar-refractivity contribution in [1.82, 2.24) is 10.3 Å². The number of fused-ring (bicyclic) bond motifs is 2. The number of imide groups is 1. The van der Waals surface area contributed by atoms with Crippen molar-refractivity contribution in [2.45, 2.75) is 18.0 Å². The molecule has 0 radical (unpaired) electrons. The number of hydrogen-bond donors (Lipinski definition) is 4. The molecule has 0 aliphatic carbocycles. The van der Waals surface area contributed by atoms with Gasteiger partial charge in [-0.15, -0.1) is 0 Å². The predicted octanol–water partition coefficient (Wildman–Crippen LogP) is 3.53. The lowest BCUT2D eigenvalue weighted by Gasteiger charge is -2.31. The van der Waals surface area contributed by atoms with Crippen molar-refractivity contribution < 1.29 is 29.0 Å². The normalized spacial score (nSPS) is 25.1. The second-order valence-electron chi connectivity index (χ2n) is 9.49. The van der Waals surface area contributed by atoms with Gasteiger partial charge in [-0.3, -0.25) is 19.7 Å². The van der Waals surface area contributed by atoms with Crippen molar-refractivity contribution >= 4 is 34.4 Å². The number of nitrogens with one attached hydrogen (secondary N) is 2. The number of carbonyl (C=O) groups is 3. The van der Waals surface area contributed by atoms with E-state index < -0.39 is 47.0 Å². The van der Waals surface area contributed by atoms with Crippen molar-refractivity contribution in [1.29, 1.82) is 0 Å². The van der Waals surface area contributed by atoms with Crippen LogP contribution in [-0.2, 0) is 20.8 Å². The van der Waals surface area contributed by atoms with Crippen molar-refractivity contribution in [3.63, 3.8) is 0 Å². The Morgan fingerprint density at radius 2 is 1.68 bits per heavy atom. The highest BCUT2D eigenvalue weighted by atomic mass is 19.1. The number of aliphatic carboxylic acids is 1. The summed E-state index contributed by atoms with van der Waals surface area (Å²) in [5.41, 5.74) is 0.105. The van der Waals surface area contributed by atoms with Gasteiger partial charge in [-0.1, -0.05) is 36.4 Å². The summed E-state index contributed by atoms with van der Waals surface area (Å²) < 4.78 is 13.6. The lowest BCUT2D eigenvalue weighted by molar-refractivity contribution is -0.148. The van der Waals surface area contributed by atoms with Gasteiger partial charge in [0.25, 0.3) is 0 Å². The maximum Gasteiger partial charge on any atom is 0.325 e. The minimum atomic E-state index is -1.86. The second kappa shape index (κ2) is 8.28. The summed E-state index contributed by atoms with van der Waals surface area (Å²) >= 11 is 0. The van der Waals surface area contributed by atoms with Crippen LogP contribution < -0.4 is 10.2 Å². The fourth-order valence-corrected chi connectivity index (χ4v) is 5.88. The zero-order valence-corrected chi connectivity index (χ0v) is 19.4. The van der Waals surface area contributed by atoms with E-state index in [0.29, 0.717) is 11.1 Å². The van der Waals surface area contributed by atoms with Gasteiger partial charge in [-0.2, -0.15) is 0 Å². The SMILES string of the molecule is O=C1[C@H]2[C@@H](c3ccccc3O)N[C@](Cc3c[nH]c4ccccc34)(C(=O)O)[C@@H]2C(=O)N1c1ccc(F)cc1. The van der Waals surface area contributed by atoms with Crippen LogP contribution in [0, 0.1) is 17.7 Å². The Labute approximate surface area is 210 Å². The largest absolute Gasteiger partial charge is 0.508 e. The molecule has 2 aliphatic heterocycles. The average molecular weight is 499 g/mol. The quantitative estimate of drug-likeness (QED) is 0.312. The summed E-state index contributed by atoms with van der Waals surface area (Å²) in [6.45, 7) is 0. The number of para-hydroxylation sites is 2. The zero-order chi connectivity index (χ0) is 25.9. The van der Waals surface area contributed by atoms with E-state index in [1.165, 1.54) is 18.2 Å². The maximum absolute atomic E-state index is 13.9. The number of rotatable bonds is 5. The molecule has 0 bridgehead atoms. The van der Waals surface area contributed by atoms with Crippen molar-refractivity contribution in [3.8, 4) is 5.75 Å². The molecular weight excluding hydrogens is 477 g/mol. The van der Waals surface area contributed by atoms with Crippen LogP contribution >= 0.6 is 0 Å². The van der Waals surface area contributed by atoms with Crippen LogP contribution in [0.25, 0.3) is 10.9 Å². The van der Waals surface area contributed by atoms with Crippen molar-refractivity contribution in [2.75, 3.05) is 4.90 Å². The first-order chi connectivity index (χ1) is 17.8. The maximum atomic E-state index is 13.9. The second-order valence-corrected chi connectivity index (χ2v) is 9.49. The van der Waals surface area contributed by atoms with Crippen LogP contribution in [0.5, 0.6) is 5.75 Å². The van der Waals surface area contributed by atoms with E-state index in [2.05, 4.69) is 10.3 Å². The van der Waals surface area contributed by atoms with E-state index in [1.54, 1.807) is 24.4 Å². The van der Waals surface area contributed by atoms with Gasteiger partial charge in [0.2, 0.25) is 11.8 Å². The number of H-pyrrole nitrogens is 1. The van der Waals surface area contributed by atoms with E-state index in [9.17, 15) is 29.0 Å². The molecule has 0 saturated carbocycles. The van der Waals surface area contributed by atoms with Crippen LogP contribution in [0.3, 0.4) is 0 Å². The molecule has 37 heavy (non-hydrogen) atoms. The highest BCUT2D eigenvalue weighted by Gasteiger charge is 2.69. The number of benzene rings is 3. The number of carboxylic acid groups (broad SMARTS) is 1. The smallest absolute Gasteiger partial charge is 0.325 e. The standard InChI is InChI=1S/C28H22FN3O5/c29-16-9-11-17(12-10-16)32-25(34)22-23(26(32)35)28(27(36)37,31-24(22)19-6-2-4-8-21(19)33)13-15-14-30-20-7-3-1-5-18(15)20/h1-12,14,22-24,30-31,33H,13H2,(H,36,37)/t22-,23+,24-,28+/m1/s1. The van der Waals surface area contributed by atoms with Crippen molar-refractivity contribution in [2.24, 2.45) is 11.8 Å². The zero-order valence-electron chi connectivity index (χ0n) is 19.4. The number of phenolic OH excluding ortho intramolecular Hbond substituents is 1. The Bertz CT molecular complexity index is 1570. The van der Waals surface area contributed by atoms with Crippen LogP contribution in [0.2, 0.25) is 0 Å². The van der Waals surface area contributed by atoms with Crippen LogP contribution in [-0.4, -0.2) is 38.5 Å². The first kappa shape index (κ1) is 22.9. The van der Waals surface area contributed by atoms with Crippen molar-refractivity contribution in [3.05, 3.63) is 95.9 Å². The van der Waals surface area contributed by atoms with Gasteiger partial charge in [0, 0.05) is 35.1 Å².